The topological polar surface area (TPSA) is 33.0 Å². The highest BCUT2D eigenvalue weighted by Gasteiger charge is 2.18. The number of ether oxygens (including phenoxy) is 1. The van der Waals surface area contributed by atoms with E-state index in [1.54, 1.807) is 0 Å². The molecule has 0 bridgehead atoms. The Hall–Kier alpha value is -0.550. The summed E-state index contributed by atoms with van der Waals surface area (Å²) >= 11 is 0. The van der Waals surface area contributed by atoms with E-state index in [2.05, 4.69) is 6.07 Å². The van der Waals surface area contributed by atoms with Gasteiger partial charge in [-0.15, -0.1) is 0 Å². The molecule has 1 saturated carbocycles. The molecular formula is C12H21NO. The maximum Gasteiger partial charge on any atom is 0.0684 e. The summed E-state index contributed by atoms with van der Waals surface area (Å²) in [5.74, 6) is 0.930. The summed E-state index contributed by atoms with van der Waals surface area (Å²) in [6.07, 6.45) is 6.26. The molecule has 1 fully saturated rings. The Bertz CT molecular complexity index is 201. The summed E-state index contributed by atoms with van der Waals surface area (Å²) in [7, 11) is 0. The van der Waals surface area contributed by atoms with Crippen LogP contribution in [0.2, 0.25) is 0 Å². The van der Waals surface area contributed by atoms with Crippen LogP contribution in [0, 0.1) is 22.7 Å². The van der Waals surface area contributed by atoms with Crippen molar-refractivity contribution >= 4 is 0 Å². The van der Waals surface area contributed by atoms with E-state index < -0.39 is 0 Å². The van der Waals surface area contributed by atoms with Crippen LogP contribution in [0.25, 0.3) is 0 Å². The predicted octanol–water partition coefficient (Wildman–Crippen LogP) is 3.13. The molecule has 0 aromatic rings. The van der Waals surface area contributed by atoms with Gasteiger partial charge in [-0.3, -0.25) is 0 Å². The van der Waals surface area contributed by atoms with Crippen LogP contribution in [0.3, 0.4) is 0 Å². The van der Waals surface area contributed by atoms with Crippen molar-refractivity contribution < 1.29 is 4.74 Å². The van der Waals surface area contributed by atoms with Gasteiger partial charge in [-0.1, -0.05) is 19.3 Å². The molecule has 0 atom stereocenters. The van der Waals surface area contributed by atoms with Crippen LogP contribution in [0.4, 0.5) is 0 Å². The molecule has 0 radical (unpaired) electrons. The Kier molecular flexibility index (Phi) is 4.41. The Morgan fingerprint density at radius 1 is 1.36 bits per heavy atom. The van der Waals surface area contributed by atoms with Gasteiger partial charge in [0.15, 0.2) is 0 Å². The second kappa shape index (κ2) is 5.36. The van der Waals surface area contributed by atoms with Gasteiger partial charge in [0, 0.05) is 13.2 Å². The average molecular weight is 195 g/mol. The highest BCUT2D eigenvalue weighted by molar-refractivity contribution is 4.91. The zero-order valence-corrected chi connectivity index (χ0v) is 9.38. The Morgan fingerprint density at radius 3 is 2.57 bits per heavy atom. The molecule has 0 unspecified atom stereocenters. The van der Waals surface area contributed by atoms with Crippen molar-refractivity contribution in [3.8, 4) is 6.07 Å². The summed E-state index contributed by atoms with van der Waals surface area (Å²) in [6.45, 7) is 5.53. The van der Waals surface area contributed by atoms with Gasteiger partial charge in [-0.2, -0.15) is 5.26 Å². The van der Waals surface area contributed by atoms with Gasteiger partial charge in [0.2, 0.25) is 0 Å². The van der Waals surface area contributed by atoms with E-state index in [4.69, 9.17) is 10.00 Å². The molecule has 14 heavy (non-hydrogen) atoms. The maximum absolute atomic E-state index is 8.78. The molecule has 0 spiro atoms. The van der Waals surface area contributed by atoms with Gasteiger partial charge in [0.1, 0.15) is 0 Å². The second-order valence-electron chi connectivity index (χ2n) is 4.94. The van der Waals surface area contributed by atoms with E-state index in [1.807, 2.05) is 13.8 Å². The van der Waals surface area contributed by atoms with Crippen molar-refractivity contribution in [1.29, 1.82) is 5.26 Å². The smallest absolute Gasteiger partial charge is 0.0684 e. The quantitative estimate of drug-likeness (QED) is 0.610. The number of hydrogen-bond donors (Lipinski definition) is 0. The average Bonchev–Trinajstić information content (AvgIpc) is 2.08. The highest BCUT2D eigenvalue weighted by atomic mass is 16.5. The van der Waals surface area contributed by atoms with Crippen LogP contribution in [-0.2, 0) is 4.74 Å². The van der Waals surface area contributed by atoms with Crippen LogP contribution >= 0.6 is 0 Å². The summed E-state index contributed by atoms with van der Waals surface area (Å²) in [5, 5.41) is 8.78. The van der Waals surface area contributed by atoms with E-state index >= 15 is 0 Å². The molecule has 80 valence electrons. The first kappa shape index (κ1) is 11.5. The summed E-state index contributed by atoms with van der Waals surface area (Å²) in [4.78, 5) is 0. The van der Waals surface area contributed by atoms with E-state index in [9.17, 15) is 0 Å². The van der Waals surface area contributed by atoms with Gasteiger partial charge in [0.25, 0.3) is 0 Å². The number of nitriles is 1. The van der Waals surface area contributed by atoms with E-state index in [-0.39, 0.29) is 5.41 Å². The van der Waals surface area contributed by atoms with Crippen molar-refractivity contribution in [3.05, 3.63) is 0 Å². The van der Waals surface area contributed by atoms with Gasteiger partial charge >= 0.3 is 0 Å². The van der Waals surface area contributed by atoms with Crippen molar-refractivity contribution in [2.75, 3.05) is 13.2 Å². The van der Waals surface area contributed by atoms with Gasteiger partial charge in [-0.05, 0) is 32.6 Å². The van der Waals surface area contributed by atoms with Crippen LogP contribution in [0.1, 0.15) is 46.0 Å². The first-order chi connectivity index (χ1) is 6.64. The third-order valence-corrected chi connectivity index (χ3v) is 3.07. The van der Waals surface area contributed by atoms with E-state index in [0.717, 1.165) is 25.6 Å². The molecule has 1 aliphatic carbocycles. The fourth-order valence-corrected chi connectivity index (χ4v) is 1.52. The predicted molar refractivity (Wildman–Crippen MR) is 56.8 cm³/mol. The largest absolute Gasteiger partial charge is 0.381 e. The lowest BCUT2D eigenvalue weighted by Gasteiger charge is -2.25. The van der Waals surface area contributed by atoms with Crippen molar-refractivity contribution in [2.45, 2.75) is 46.0 Å². The molecule has 0 amide bonds. The third kappa shape index (κ3) is 4.11. The third-order valence-electron chi connectivity index (χ3n) is 3.07. The molecule has 1 rings (SSSR count). The highest BCUT2D eigenvalue weighted by Crippen LogP contribution is 2.29. The Balaban J connectivity index is 1.91. The summed E-state index contributed by atoms with van der Waals surface area (Å²) < 4.78 is 5.53. The molecule has 0 aromatic heterocycles. The fraction of sp³-hybridized carbons (Fsp3) is 0.917. The minimum absolute atomic E-state index is 0.226. The Labute approximate surface area is 87.3 Å². The van der Waals surface area contributed by atoms with Crippen LogP contribution in [0.15, 0.2) is 0 Å². The molecule has 0 aliphatic heterocycles. The maximum atomic E-state index is 8.78. The van der Waals surface area contributed by atoms with E-state index in [0.29, 0.717) is 0 Å². The van der Waals surface area contributed by atoms with Gasteiger partial charge in [0.05, 0.1) is 11.5 Å². The molecule has 1 aliphatic rings. The molecule has 2 nitrogen and oxygen atoms in total. The number of nitrogens with zero attached hydrogens (tertiary/aromatic N) is 1. The van der Waals surface area contributed by atoms with Gasteiger partial charge in [-0.25, -0.2) is 0 Å². The standard InChI is InChI=1S/C12H21NO/c1-12(2,10-13)7-9-14-8-6-11-4-3-5-11/h11H,3-9H2,1-2H3. The van der Waals surface area contributed by atoms with Crippen LogP contribution in [-0.4, -0.2) is 13.2 Å². The van der Waals surface area contributed by atoms with Crippen molar-refractivity contribution in [2.24, 2.45) is 11.3 Å². The molecule has 0 aromatic carbocycles. The summed E-state index contributed by atoms with van der Waals surface area (Å²) in [5.41, 5.74) is -0.226. The lowest BCUT2D eigenvalue weighted by Crippen LogP contribution is -2.15. The molecule has 2 heteroatoms. The fourth-order valence-electron chi connectivity index (χ4n) is 1.52. The minimum atomic E-state index is -0.226. The zero-order chi connectivity index (χ0) is 10.4. The molecule has 0 saturated heterocycles. The lowest BCUT2D eigenvalue weighted by atomic mass is 9.83. The Morgan fingerprint density at radius 2 is 2.07 bits per heavy atom. The number of hydrogen-bond acceptors (Lipinski definition) is 2. The molecule has 0 heterocycles. The second-order valence-corrected chi connectivity index (χ2v) is 4.94. The monoisotopic (exact) mass is 195 g/mol. The number of rotatable bonds is 6. The van der Waals surface area contributed by atoms with Crippen LogP contribution in [0.5, 0.6) is 0 Å². The van der Waals surface area contributed by atoms with Gasteiger partial charge < -0.3 is 4.74 Å². The first-order valence-electron chi connectivity index (χ1n) is 5.63. The normalized spacial score (nSPS) is 17.5. The molecular weight excluding hydrogens is 174 g/mol. The summed E-state index contributed by atoms with van der Waals surface area (Å²) in [6, 6.07) is 2.28. The zero-order valence-electron chi connectivity index (χ0n) is 9.38. The first-order valence-corrected chi connectivity index (χ1v) is 5.63. The van der Waals surface area contributed by atoms with Crippen LogP contribution < -0.4 is 0 Å². The van der Waals surface area contributed by atoms with Crippen molar-refractivity contribution in [3.63, 3.8) is 0 Å². The lowest BCUT2D eigenvalue weighted by molar-refractivity contribution is 0.0921. The van der Waals surface area contributed by atoms with Crippen molar-refractivity contribution in [1.82, 2.24) is 0 Å². The SMILES string of the molecule is CC(C)(C#N)CCOCCC1CCC1. The molecule has 0 N–H and O–H groups in total. The van der Waals surface area contributed by atoms with E-state index in [1.165, 1.54) is 25.7 Å². The minimum Gasteiger partial charge on any atom is -0.381 e.